The molecule has 1 fully saturated rings. The Bertz CT molecular complexity index is 493. The molecule has 0 amide bonds. The van der Waals surface area contributed by atoms with Crippen molar-refractivity contribution in [3.05, 3.63) is 26.0 Å². The highest BCUT2D eigenvalue weighted by atomic mass is 16.9. The Morgan fingerprint density at radius 2 is 0.733 bits per heavy atom. The molecule has 5 N–H and O–H groups in total. The van der Waals surface area contributed by atoms with Gasteiger partial charge in [0.25, 0.3) is 0 Å². The van der Waals surface area contributed by atoms with E-state index in [1.54, 1.807) is 0 Å². The first kappa shape index (κ1) is 26.9. The molecule has 30 heavy (non-hydrogen) atoms. The molecule has 0 radical (unpaired) electrons. The summed E-state index contributed by atoms with van der Waals surface area (Å²) in [5.41, 5.74) is 0. The summed E-state index contributed by atoms with van der Waals surface area (Å²) in [5, 5.41) is 54.1. The van der Waals surface area contributed by atoms with Crippen LogP contribution in [0.5, 0.6) is 0 Å². The molecule has 0 aliphatic heterocycles. The van der Waals surface area contributed by atoms with Crippen molar-refractivity contribution in [2.24, 2.45) is 0 Å². The minimum absolute atomic E-state index is 0.858. The van der Waals surface area contributed by atoms with Crippen LogP contribution < -0.4 is 26.1 Å². The molecule has 0 bridgehead atoms. The molecule has 1 aliphatic rings. The Balaban J connectivity index is 3.57. The molecule has 0 aromatic carbocycles. The summed E-state index contributed by atoms with van der Waals surface area (Å²) in [4.78, 5) is 37.6. The van der Waals surface area contributed by atoms with Crippen LogP contribution in [0.1, 0.15) is 6.92 Å². The normalized spacial score (nSPS) is 34.6. The zero-order valence-corrected chi connectivity index (χ0v) is 17.4. The molecule has 0 heterocycles. The number of carbonyl (C=O) groups excluding carboxylic acids is 1. The lowest BCUT2D eigenvalue weighted by atomic mass is 9.84. The van der Waals surface area contributed by atoms with E-state index in [0.29, 0.717) is 0 Å². The third kappa shape index (κ3) is 8.19. The van der Waals surface area contributed by atoms with E-state index in [9.17, 15) is 30.8 Å². The van der Waals surface area contributed by atoms with Crippen LogP contribution in [0.15, 0.2) is 0 Å². The second kappa shape index (κ2) is 12.0. The predicted octanol–water partition coefficient (Wildman–Crippen LogP) is -8.50. The van der Waals surface area contributed by atoms with Crippen LogP contribution in [0.25, 0.3) is 0 Å². The first-order chi connectivity index (χ1) is 13.8. The number of rotatable bonds is 11. The number of ether oxygens (including phenoxy) is 1. The topological polar surface area (TPSA) is 210 Å². The Labute approximate surface area is 171 Å². The van der Waals surface area contributed by atoms with E-state index in [4.69, 9.17) is 28.9 Å². The predicted molar refractivity (Wildman–Crippen MR) is 91.2 cm³/mol. The van der Waals surface area contributed by atoms with Gasteiger partial charge in [0.15, 0.2) is 36.6 Å². The van der Waals surface area contributed by atoms with Crippen LogP contribution in [0.2, 0.25) is 0 Å². The summed E-state index contributed by atoms with van der Waals surface area (Å²) < 4.78 is 5.18. The quantitative estimate of drug-likeness (QED) is 0.148. The van der Waals surface area contributed by atoms with E-state index in [1.165, 1.54) is 0 Å². The summed E-state index contributed by atoms with van der Waals surface area (Å²) in [6, 6.07) is 0. The van der Waals surface area contributed by atoms with E-state index in [0.717, 1.165) is 42.2 Å². The van der Waals surface area contributed by atoms with Crippen molar-refractivity contribution in [1.29, 1.82) is 0 Å². The zero-order valence-electron chi connectivity index (χ0n) is 17.4. The highest BCUT2D eigenvalue weighted by molar-refractivity contribution is 5.66. The second-order valence-corrected chi connectivity index (χ2v) is 6.44. The fourth-order valence-electron chi connectivity index (χ4n) is 3.08. The summed E-state index contributed by atoms with van der Waals surface area (Å²) in [6.45, 7) is 1.04. The first-order valence-corrected chi connectivity index (χ1v) is 8.86. The van der Waals surface area contributed by atoms with Crippen molar-refractivity contribution in [1.82, 2.24) is 0 Å². The van der Waals surface area contributed by atoms with Gasteiger partial charge in [0.1, 0.15) is 0 Å². The second-order valence-electron chi connectivity index (χ2n) is 6.44. The van der Waals surface area contributed by atoms with Crippen molar-refractivity contribution in [2.45, 2.75) is 43.5 Å². The van der Waals surface area contributed by atoms with Crippen molar-refractivity contribution >= 4 is 5.97 Å². The standard InChI is InChI=1S/C13H29N5O12/c1-7(19)25-8-9(26-14(2)20)11(28-16(4)22)13(30-18(6)24)12(29-17(5)23)10(8)27-15(3)21/h8-18H,1-6H3. The van der Waals surface area contributed by atoms with Crippen molar-refractivity contribution in [2.75, 3.05) is 35.2 Å². The number of hydroxylamine groups is 10. The molecule has 1 aliphatic carbocycles. The Morgan fingerprint density at radius 1 is 0.533 bits per heavy atom. The number of nitrogens with one attached hydrogen (secondary N) is 5. The molecule has 9 unspecified atom stereocenters. The van der Waals surface area contributed by atoms with Gasteiger partial charge in [0.2, 0.25) is 0 Å². The van der Waals surface area contributed by atoms with Crippen LogP contribution in [-0.4, -0.2) is 77.8 Å². The molecule has 0 aromatic rings. The van der Waals surface area contributed by atoms with Crippen LogP contribution in [0.4, 0.5) is 0 Å². The number of hydrogen-bond donors (Lipinski definition) is 5. The van der Waals surface area contributed by atoms with Crippen molar-refractivity contribution in [3.63, 3.8) is 0 Å². The molecule has 17 heteroatoms. The Kier molecular flexibility index (Phi) is 10.8. The van der Waals surface area contributed by atoms with Gasteiger partial charge < -0.3 is 30.8 Å². The highest BCUT2D eigenvalue weighted by Gasteiger charge is 2.62. The number of quaternary nitrogens is 5. The highest BCUT2D eigenvalue weighted by Crippen LogP contribution is 2.30. The monoisotopic (exact) mass is 447 g/mol. The molecule has 17 nitrogen and oxygen atoms in total. The van der Waals surface area contributed by atoms with Crippen LogP contribution in [-0.2, 0) is 33.7 Å². The van der Waals surface area contributed by atoms with Crippen molar-refractivity contribution in [3.8, 4) is 0 Å². The maximum atomic E-state index is 11.7. The van der Waals surface area contributed by atoms with Gasteiger partial charge >= 0.3 is 5.97 Å². The van der Waals surface area contributed by atoms with E-state index < -0.39 is 68.7 Å². The van der Waals surface area contributed by atoms with Gasteiger partial charge in [-0.15, -0.1) is 0 Å². The third-order valence-electron chi connectivity index (χ3n) is 3.76. The van der Waals surface area contributed by atoms with Crippen LogP contribution >= 0.6 is 0 Å². The van der Waals surface area contributed by atoms with Gasteiger partial charge in [-0.25, -0.2) is 26.1 Å². The lowest BCUT2D eigenvalue weighted by Crippen LogP contribution is -3.11. The molecular formula is C13H29N5O12. The molecule has 9 atom stereocenters. The maximum Gasteiger partial charge on any atom is 0.303 e. The van der Waals surface area contributed by atoms with Gasteiger partial charge in [-0.1, -0.05) is 0 Å². The van der Waals surface area contributed by atoms with Gasteiger partial charge in [-0.2, -0.15) is 24.2 Å². The Hall–Kier alpha value is -1.13. The summed E-state index contributed by atoms with van der Waals surface area (Å²) >= 11 is 0. The lowest BCUT2D eigenvalue weighted by molar-refractivity contribution is -1.09. The molecular weight excluding hydrogens is 418 g/mol. The smallest absolute Gasteiger partial charge is 0.303 e. The molecule has 1 saturated carbocycles. The average Bonchev–Trinajstić information content (AvgIpc) is 2.55. The fourth-order valence-corrected chi connectivity index (χ4v) is 3.08. The average molecular weight is 447 g/mol. The molecule has 0 aromatic heterocycles. The molecule has 178 valence electrons. The molecule has 0 saturated heterocycles. The lowest BCUT2D eigenvalue weighted by Gasteiger charge is -2.47. The van der Waals surface area contributed by atoms with E-state index in [1.807, 2.05) is 0 Å². The van der Waals surface area contributed by atoms with E-state index in [2.05, 4.69) is 0 Å². The van der Waals surface area contributed by atoms with Gasteiger partial charge in [0, 0.05) is 6.92 Å². The summed E-state index contributed by atoms with van der Waals surface area (Å²) in [6.07, 6.45) is -9.27. The van der Waals surface area contributed by atoms with Crippen molar-refractivity contribution < 1.29 is 59.9 Å². The zero-order chi connectivity index (χ0) is 23.2. The van der Waals surface area contributed by atoms with E-state index >= 15 is 0 Å². The Morgan fingerprint density at radius 3 is 0.900 bits per heavy atom. The molecule has 0 spiro atoms. The van der Waals surface area contributed by atoms with Gasteiger partial charge in [-0.3, -0.25) is 4.79 Å². The first-order valence-electron chi connectivity index (χ1n) is 8.86. The summed E-state index contributed by atoms with van der Waals surface area (Å²) in [7, 11) is 5.19. The number of carbonyl (C=O) groups is 1. The maximum absolute atomic E-state index is 11.7. The SMILES string of the molecule is CC(=O)OC1C(O[NH+](C)[O-])C(O[NH+](C)[O-])C(O[NH+](C)[O-])C(O[NH+](C)[O-])C1O[NH+](C)[O-]. The largest absolute Gasteiger partial charge is 0.600 e. The van der Waals surface area contributed by atoms with Crippen LogP contribution in [0.3, 0.4) is 0 Å². The minimum atomic E-state index is -1.55. The number of hydrogen-bond acceptors (Lipinski definition) is 12. The van der Waals surface area contributed by atoms with E-state index in [-0.39, 0.29) is 0 Å². The minimum Gasteiger partial charge on any atom is -0.600 e. The molecule has 1 rings (SSSR count). The summed E-state index contributed by atoms with van der Waals surface area (Å²) in [5.74, 6) is -0.858. The van der Waals surface area contributed by atoms with Gasteiger partial charge in [-0.05, 0) is 0 Å². The fraction of sp³-hybridized carbons (Fsp3) is 0.923. The van der Waals surface area contributed by atoms with Gasteiger partial charge in [0.05, 0.1) is 35.2 Å². The number of esters is 1. The third-order valence-corrected chi connectivity index (χ3v) is 3.76. The van der Waals surface area contributed by atoms with Crippen LogP contribution in [0, 0.1) is 26.0 Å².